The van der Waals surface area contributed by atoms with Gasteiger partial charge < -0.3 is 30.3 Å². The molecule has 0 aliphatic carbocycles. The second-order valence-corrected chi connectivity index (χ2v) is 2.45. The number of hydrogen-bond acceptors (Lipinski definition) is 6. The zero-order valence-electron chi connectivity index (χ0n) is 5.58. The number of rotatable bonds is 1. The molecule has 11 heavy (non-hydrogen) atoms. The van der Waals surface area contributed by atoms with E-state index in [2.05, 4.69) is 4.74 Å². The summed E-state index contributed by atoms with van der Waals surface area (Å²) >= 11 is 0. The summed E-state index contributed by atoms with van der Waals surface area (Å²) in [4.78, 5) is 0. The Morgan fingerprint density at radius 3 is 2.00 bits per heavy atom. The standard InChI is InChI=1S/C5H10O6/c6-1-5(10)3(8)2(7)4(9)11-5/h2-4,6-10H,1H2/t2-,3+,4-,5+/m1/s1. The number of hydrogen-bond donors (Lipinski definition) is 5. The molecule has 6 heteroatoms. The van der Waals surface area contributed by atoms with Crippen LogP contribution in [0.15, 0.2) is 0 Å². The first kappa shape index (κ1) is 8.85. The molecule has 6 nitrogen and oxygen atoms in total. The predicted molar refractivity (Wildman–Crippen MR) is 31.1 cm³/mol. The van der Waals surface area contributed by atoms with E-state index in [1.807, 2.05) is 0 Å². The first-order valence-corrected chi connectivity index (χ1v) is 3.06. The van der Waals surface area contributed by atoms with E-state index in [1.165, 1.54) is 0 Å². The van der Waals surface area contributed by atoms with Crippen LogP contribution in [0, 0.1) is 0 Å². The van der Waals surface area contributed by atoms with E-state index >= 15 is 0 Å². The fraction of sp³-hybridized carbons (Fsp3) is 1.00. The molecule has 0 aromatic rings. The Bertz CT molecular complexity index is 150. The van der Waals surface area contributed by atoms with Crippen molar-refractivity contribution in [2.75, 3.05) is 6.61 Å². The summed E-state index contributed by atoms with van der Waals surface area (Å²) in [6, 6.07) is 0. The van der Waals surface area contributed by atoms with Crippen molar-refractivity contribution in [3.05, 3.63) is 0 Å². The van der Waals surface area contributed by atoms with Crippen molar-refractivity contribution in [3.63, 3.8) is 0 Å². The maximum Gasteiger partial charge on any atom is 0.221 e. The van der Waals surface area contributed by atoms with Crippen molar-refractivity contribution >= 4 is 0 Å². The van der Waals surface area contributed by atoms with Gasteiger partial charge in [0.25, 0.3) is 0 Å². The van der Waals surface area contributed by atoms with Crippen LogP contribution in [0.5, 0.6) is 0 Å². The van der Waals surface area contributed by atoms with Gasteiger partial charge in [-0.15, -0.1) is 0 Å². The van der Waals surface area contributed by atoms with Gasteiger partial charge in [0.15, 0.2) is 6.29 Å². The Labute approximate surface area is 62.3 Å². The molecule has 0 aromatic heterocycles. The molecule has 4 atom stereocenters. The van der Waals surface area contributed by atoms with E-state index < -0.39 is 30.9 Å². The lowest BCUT2D eigenvalue weighted by Crippen LogP contribution is -2.46. The number of aliphatic hydroxyl groups excluding tert-OH is 4. The van der Waals surface area contributed by atoms with Gasteiger partial charge in [0.2, 0.25) is 5.79 Å². The van der Waals surface area contributed by atoms with E-state index in [1.54, 1.807) is 0 Å². The Kier molecular flexibility index (Phi) is 2.15. The smallest absolute Gasteiger partial charge is 0.221 e. The Balaban J connectivity index is 2.73. The minimum absolute atomic E-state index is 0.887. The van der Waals surface area contributed by atoms with Crippen LogP contribution in [-0.4, -0.2) is 56.4 Å². The molecule has 0 saturated carbocycles. The molecule has 0 spiro atoms. The Morgan fingerprint density at radius 1 is 1.27 bits per heavy atom. The third kappa shape index (κ3) is 1.24. The largest absolute Gasteiger partial charge is 0.391 e. The second-order valence-electron chi connectivity index (χ2n) is 2.45. The predicted octanol–water partition coefficient (Wildman–Crippen LogP) is -3.26. The van der Waals surface area contributed by atoms with Crippen LogP contribution in [0.25, 0.3) is 0 Å². The number of ether oxygens (including phenoxy) is 1. The molecule has 66 valence electrons. The molecule has 0 radical (unpaired) electrons. The third-order valence-electron chi connectivity index (χ3n) is 1.63. The van der Waals surface area contributed by atoms with Gasteiger partial charge in [-0.25, -0.2) is 0 Å². The Hall–Kier alpha value is -0.240. The van der Waals surface area contributed by atoms with Crippen molar-refractivity contribution in [2.45, 2.75) is 24.3 Å². The molecule has 5 N–H and O–H groups in total. The minimum atomic E-state index is -2.25. The van der Waals surface area contributed by atoms with Crippen molar-refractivity contribution in [1.82, 2.24) is 0 Å². The van der Waals surface area contributed by atoms with Gasteiger partial charge in [-0.3, -0.25) is 0 Å². The third-order valence-corrected chi connectivity index (χ3v) is 1.63. The maximum atomic E-state index is 9.07. The van der Waals surface area contributed by atoms with Gasteiger partial charge in [-0.1, -0.05) is 0 Å². The van der Waals surface area contributed by atoms with Crippen molar-refractivity contribution in [3.8, 4) is 0 Å². The van der Waals surface area contributed by atoms with Crippen LogP contribution < -0.4 is 0 Å². The normalized spacial score (nSPS) is 51.5. The van der Waals surface area contributed by atoms with Crippen molar-refractivity contribution < 1.29 is 30.3 Å². The highest BCUT2D eigenvalue weighted by Gasteiger charge is 2.52. The topological polar surface area (TPSA) is 110 Å². The van der Waals surface area contributed by atoms with Crippen molar-refractivity contribution in [2.24, 2.45) is 0 Å². The zero-order chi connectivity index (χ0) is 8.65. The van der Waals surface area contributed by atoms with Gasteiger partial charge in [0.1, 0.15) is 12.2 Å². The van der Waals surface area contributed by atoms with Gasteiger partial charge in [-0.05, 0) is 0 Å². The monoisotopic (exact) mass is 166 g/mol. The molecule has 0 amide bonds. The SMILES string of the molecule is OC[C@]1(O)O[C@@H](O)[C@H](O)[C@@H]1O. The summed E-state index contributed by atoms with van der Waals surface area (Å²) in [6.45, 7) is -0.887. The lowest BCUT2D eigenvalue weighted by atomic mass is 10.1. The summed E-state index contributed by atoms with van der Waals surface area (Å²) in [7, 11) is 0. The van der Waals surface area contributed by atoms with E-state index in [-0.39, 0.29) is 0 Å². The van der Waals surface area contributed by atoms with E-state index in [4.69, 9.17) is 25.5 Å². The molecule has 1 heterocycles. The molecule has 1 aliphatic heterocycles. The van der Waals surface area contributed by atoms with Crippen LogP contribution in [0.2, 0.25) is 0 Å². The first-order chi connectivity index (χ1) is 5.01. The lowest BCUT2D eigenvalue weighted by Gasteiger charge is -2.22. The summed E-state index contributed by atoms with van der Waals surface area (Å²) in [5.74, 6) is -2.25. The maximum absolute atomic E-state index is 9.07. The molecule has 1 rings (SSSR count). The van der Waals surface area contributed by atoms with Crippen LogP contribution in [0.4, 0.5) is 0 Å². The zero-order valence-corrected chi connectivity index (χ0v) is 5.58. The fourth-order valence-corrected chi connectivity index (χ4v) is 0.902. The lowest BCUT2D eigenvalue weighted by molar-refractivity contribution is -0.272. The van der Waals surface area contributed by atoms with E-state index in [0.29, 0.717) is 0 Å². The van der Waals surface area contributed by atoms with Crippen LogP contribution in [-0.2, 0) is 4.74 Å². The van der Waals surface area contributed by atoms with Gasteiger partial charge >= 0.3 is 0 Å². The molecule has 1 aliphatic rings. The average molecular weight is 166 g/mol. The molecular formula is C5H10O6. The molecule has 0 unspecified atom stereocenters. The van der Waals surface area contributed by atoms with E-state index in [0.717, 1.165) is 0 Å². The summed E-state index contributed by atoms with van der Waals surface area (Å²) < 4.78 is 4.28. The quantitative estimate of drug-likeness (QED) is 0.279. The molecular weight excluding hydrogens is 156 g/mol. The second kappa shape index (κ2) is 2.67. The summed E-state index contributed by atoms with van der Waals surface area (Å²) in [6.07, 6.45) is -4.95. The summed E-state index contributed by atoms with van der Waals surface area (Å²) in [5.41, 5.74) is 0. The minimum Gasteiger partial charge on any atom is -0.391 e. The van der Waals surface area contributed by atoms with Crippen LogP contribution in [0.1, 0.15) is 0 Å². The molecule has 1 fully saturated rings. The van der Waals surface area contributed by atoms with Crippen LogP contribution in [0.3, 0.4) is 0 Å². The highest BCUT2D eigenvalue weighted by Crippen LogP contribution is 2.26. The summed E-state index contributed by atoms with van der Waals surface area (Å²) in [5, 5.41) is 44.1. The highest BCUT2D eigenvalue weighted by atomic mass is 16.7. The first-order valence-electron chi connectivity index (χ1n) is 3.06. The van der Waals surface area contributed by atoms with Gasteiger partial charge in [0, 0.05) is 0 Å². The Morgan fingerprint density at radius 2 is 1.82 bits per heavy atom. The average Bonchev–Trinajstić information content (AvgIpc) is 2.17. The number of aliphatic hydroxyl groups is 5. The van der Waals surface area contributed by atoms with Crippen LogP contribution >= 0.6 is 0 Å². The molecule has 1 saturated heterocycles. The molecule has 0 aromatic carbocycles. The van der Waals surface area contributed by atoms with Gasteiger partial charge in [-0.2, -0.15) is 0 Å². The van der Waals surface area contributed by atoms with Gasteiger partial charge in [0.05, 0.1) is 6.61 Å². The van der Waals surface area contributed by atoms with Crippen molar-refractivity contribution in [1.29, 1.82) is 0 Å². The fourth-order valence-electron chi connectivity index (χ4n) is 0.902. The van der Waals surface area contributed by atoms with E-state index in [9.17, 15) is 0 Å². The molecule has 0 bridgehead atoms. The highest BCUT2D eigenvalue weighted by molar-refractivity contribution is 4.90.